The lowest BCUT2D eigenvalue weighted by Crippen LogP contribution is -2.48. The van der Waals surface area contributed by atoms with Gasteiger partial charge in [0.25, 0.3) is 0 Å². The Morgan fingerprint density at radius 2 is 0.823 bits per heavy atom. The van der Waals surface area contributed by atoms with E-state index in [9.17, 15) is 28.8 Å². The van der Waals surface area contributed by atoms with Crippen LogP contribution < -0.4 is 16.0 Å². The zero-order chi connectivity index (χ0) is 46.3. The summed E-state index contributed by atoms with van der Waals surface area (Å²) in [5.41, 5.74) is -1.21. The molecule has 0 aromatic heterocycles. The lowest BCUT2D eigenvalue weighted by atomic mass is 9.62. The number of amides is 3. The molecule has 0 radical (unpaired) electrons. The van der Waals surface area contributed by atoms with Crippen molar-refractivity contribution in [2.24, 2.45) is 52.9 Å². The van der Waals surface area contributed by atoms with Gasteiger partial charge in [0, 0.05) is 23.5 Å². The fourth-order valence-electron chi connectivity index (χ4n) is 12.0. The number of hydrogen-bond acceptors (Lipinski definition) is 12. The van der Waals surface area contributed by atoms with Crippen LogP contribution in [0.3, 0.4) is 0 Å². The summed E-state index contributed by atoms with van der Waals surface area (Å²) >= 11 is 0. The molecule has 6 unspecified atom stereocenters. The molecule has 15 nitrogen and oxygen atoms in total. The van der Waals surface area contributed by atoms with Crippen molar-refractivity contribution in [1.82, 2.24) is 16.0 Å². The maximum Gasteiger partial charge on any atom is 0.407 e. The molecular formula is C47H78N6O9. The standard InChI is InChI=1S/C47H78N6O9/c1-41(2)19-35(22-45(8,25-41)28-48-32-54)51-38(57)60-17-13-11-15-44(7,31-62-40(59)53-37-21-43(5,6)27-47(10,24-37)30-50-34-56)16-12-14-18-61-39(58)52-36-20-42(3,4)26-46(9,23-36)29-49-33-55/h35-37H,11-31H2,1-10H3,(H,51,57)(H,52,58)(H,53,59). The second-order valence-corrected chi connectivity index (χ2v) is 23.0. The summed E-state index contributed by atoms with van der Waals surface area (Å²) in [6, 6.07) is -0.321. The highest BCUT2D eigenvalue weighted by Crippen LogP contribution is 2.48. The van der Waals surface area contributed by atoms with E-state index in [1.54, 1.807) is 18.2 Å². The summed E-state index contributed by atoms with van der Waals surface area (Å²) in [5, 5.41) is 9.17. The zero-order valence-corrected chi connectivity index (χ0v) is 39.6. The van der Waals surface area contributed by atoms with Gasteiger partial charge in [0.2, 0.25) is 18.2 Å². The summed E-state index contributed by atoms with van der Waals surface area (Å²) in [7, 11) is 0. The van der Waals surface area contributed by atoms with Crippen LogP contribution in [0.5, 0.6) is 0 Å². The van der Waals surface area contributed by atoms with E-state index < -0.39 is 23.7 Å². The van der Waals surface area contributed by atoms with Crippen LogP contribution in [0.15, 0.2) is 15.0 Å². The number of rotatable bonds is 21. The highest BCUT2D eigenvalue weighted by Gasteiger charge is 2.44. The van der Waals surface area contributed by atoms with E-state index in [2.05, 4.69) is 100 Å². The van der Waals surface area contributed by atoms with E-state index in [0.29, 0.717) is 64.6 Å². The molecule has 0 aromatic carbocycles. The monoisotopic (exact) mass is 871 g/mol. The normalized spacial score (nSPS) is 29.4. The number of unbranched alkanes of at least 4 members (excludes halogenated alkanes) is 2. The minimum absolute atomic E-state index is 0.0326. The van der Waals surface area contributed by atoms with Crippen molar-refractivity contribution in [3.63, 3.8) is 0 Å². The maximum atomic E-state index is 13.3. The first-order valence-corrected chi connectivity index (χ1v) is 22.8. The van der Waals surface area contributed by atoms with Crippen LogP contribution in [0.4, 0.5) is 14.4 Å². The van der Waals surface area contributed by atoms with Crippen molar-refractivity contribution in [3.8, 4) is 0 Å². The molecule has 0 aromatic rings. The largest absolute Gasteiger partial charge is 0.450 e. The lowest BCUT2D eigenvalue weighted by Gasteiger charge is -2.46. The number of hydrogen-bond donors (Lipinski definition) is 3. The number of carbonyl (C=O) groups is 3. The summed E-state index contributed by atoms with van der Waals surface area (Å²) in [5.74, 6) is 0. The number of aliphatic imine (C=N–C) groups is 3. The van der Waals surface area contributed by atoms with Crippen molar-refractivity contribution in [3.05, 3.63) is 0 Å². The molecule has 3 fully saturated rings. The van der Waals surface area contributed by atoms with E-state index in [0.717, 1.165) is 51.4 Å². The Morgan fingerprint density at radius 1 is 0.516 bits per heavy atom. The Bertz CT molecular complexity index is 1590. The van der Waals surface area contributed by atoms with Crippen LogP contribution in [0.1, 0.15) is 166 Å². The molecule has 0 bridgehead atoms. The number of isocyanates is 3. The first-order chi connectivity index (χ1) is 28.8. The quantitative estimate of drug-likeness (QED) is 0.0435. The molecule has 0 saturated heterocycles. The van der Waals surface area contributed by atoms with Gasteiger partial charge in [0.1, 0.15) is 0 Å². The summed E-state index contributed by atoms with van der Waals surface area (Å²) < 4.78 is 17.1. The van der Waals surface area contributed by atoms with Crippen LogP contribution in [0, 0.1) is 37.9 Å². The van der Waals surface area contributed by atoms with Gasteiger partial charge in [-0.15, -0.1) is 0 Å². The molecule has 6 atom stereocenters. The van der Waals surface area contributed by atoms with E-state index in [4.69, 9.17) is 14.2 Å². The van der Waals surface area contributed by atoms with Crippen molar-refractivity contribution < 1.29 is 43.0 Å². The fraction of sp³-hybridized carbons (Fsp3) is 0.872. The van der Waals surface area contributed by atoms with E-state index in [1.165, 1.54) is 0 Å². The summed E-state index contributed by atoms with van der Waals surface area (Å²) in [6.45, 7) is 23.1. The average molecular weight is 871 g/mol. The van der Waals surface area contributed by atoms with Gasteiger partial charge >= 0.3 is 18.3 Å². The molecule has 3 saturated carbocycles. The van der Waals surface area contributed by atoms with Crippen LogP contribution in [0.2, 0.25) is 0 Å². The predicted molar refractivity (Wildman–Crippen MR) is 237 cm³/mol. The topological polar surface area (TPSA) is 203 Å². The zero-order valence-electron chi connectivity index (χ0n) is 39.6. The van der Waals surface area contributed by atoms with Gasteiger partial charge in [0.15, 0.2) is 0 Å². The van der Waals surface area contributed by atoms with Gasteiger partial charge in [-0.05, 0) is 129 Å². The fourth-order valence-corrected chi connectivity index (χ4v) is 12.0. The van der Waals surface area contributed by atoms with Crippen molar-refractivity contribution in [2.75, 3.05) is 39.5 Å². The number of carbonyl (C=O) groups excluding carboxylic acids is 6. The Labute approximate surface area is 370 Å². The van der Waals surface area contributed by atoms with Gasteiger partial charge in [-0.3, -0.25) is 0 Å². The average Bonchev–Trinajstić information content (AvgIpc) is 3.12. The van der Waals surface area contributed by atoms with E-state index >= 15 is 0 Å². The number of ether oxygens (including phenoxy) is 3. The van der Waals surface area contributed by atoms with Crippen molar-refractivity contribution in [2.45, 2.75) is 184 Å². The second kappa shape index (κ2) is 22.5. The van der Waals surface area contributed by atoms with Gasteiger partial charge in [0.05, 0.1) is 39.5 Å². The third-order valence-corrected chi connectivity index (χ3v) is 13.2. The highest BCUT2D eigenvalue weighted by atomic mass is 16.6. The number of alkyl carbamates (subject to hydrolysis) is 3. The molecule has 62 heavy (non-hydrogen) atoms. The van der Waals surface area contributed by atoms with E-state index in [1.807, 2.05) is 0 Å². The van der Waals surface area contributed by atoms with Gasteiger partial charge in [-0.25, -0.2) is 43.7 Å². The Hall–Kier alpha value is -4.05. The second-order valence-electron chi connectivity index (χ2n) is 23.0. The van der Waals surface area contributed by atoms with Gasteiger partial charge in [-0.1, -0.05) is 69.2 Å². The van der Waals surface area contributed by atoms with Crippen LogP contribution in [-0.2, 0) is 28.6 Å². The molecule has 0 aliphatic heterocycles. The van der Waals surface area contributed by atoms with Crippen LogP contribution >= 0.6 is 0 Å². The highest BCUT2D eigenvalue weighted by molar-refractivity contribution is 5.68. The molecule has 3 aliphatic carbocycles. The molecule has 3 aliphatic rings. The predicted octanol–water partition coefficient (Wildman–Crippen LogP) is 9.27. The third-order valence-electron chi connectivity index (χ3n) is 13.2. The molecule has 0 heterocycles. The lowest BCUT2D eigenvalue weighted by molar-refractivity contribution is 0.0520. The molecule has 15 heteroatoms. The minimum Gasteiger partial charge on any atom is -0.450 e. The maximum absolute atomic E-state index is 13.3. The number of nitrogens with zero attached hydrogens (tertiary/aromatic N) is 3. The third kappa shape index (κ3) is 18.7. The molecule has 0 spiro atoms. The van der Waals surface area contributed by atoms with Crippen molar-refractivity contribution >= 4 is 36.5 Å². The van der Waals surface area contributed by atoms with E-state index in [-0.39, 0.29) is 70.4 Å². The smallest absolute Gasteiger partial charge is 0.407 e. The Morgan fingerprint density at radius 3 is 1.13 bits per heavy atom. The Kier molecular flexibility index (Phi) is 19.0. The van der Waals surface area contributed by atoms with Gasteiger partial charge in [-0.2, -0.15) is 0 Å². The molecule has 3 amide bonds. The molecule has 3 N–H and O–H groups in total. The summed E-state index contributed by atoms with van der Waals surface area (Å²) in [6.07, 6.45) is 14.8. The Balaban J connectivity index is 1.54. The van der Waals surface area contributed by atoms with Gasteiger partial charge < -0.3 is 30.2 Å². The number of nitrogens with one attached hydrogen (secondary N) is 3. The first kappa shape index (κ1) is 52.3. The van der Waals surface area contributed by atoms with Crippen molar-refractivity contribution in [1.29, 1.82) is 0 Å². The summed E-state index contributed by atoms with van der Waals surface area (Å²) in [4.78, 5) is 83.1. The minimum atomic E-state index is -0.486. The van der Waals surface area contributed by atoms with Crippen LogP contribution in [-0.4, -0.2) is 94.1 Å². The molecular weight excluding hydrogens is 793 g/mol. The molecule has 350 valence electrons. The SMILES string of the molecule is CC1(C)CC(NC(=O)OCCCCC(C)(CCCCOC(=O)NC2CC(C)(C)CC(C)(CN=C=O)C2)COC(=O)NC2CC(C)(C)CC(C)(CN=C=O)C2)CC(C)(CN=C=O)C1. The van der Waals surface area contributed by atoms with Crippen LogP contribution in [0.25, 0.3) is 0 Å². The molecule has 3 rings (SSSR count). The first-order valence-electron chi connectivity index (χ1n) is 22.8.